The Labute approximate surface area is 174 Å². The molecule has 0 aromatic heterocycles. The number of nitrogens with zero attached hydrogens (tertiary/aromatic N) is 2. The van der Waals surface area contributed by atoms with E-state index in [-0.39, 0.29) is 30.0 Å². The number of fused-ring (bicyclic) bond motifs is 1. The van der Waals surface area contributed by atoms with Crippen LogP contribution in [-0.2, 0) is 21.1 Å². The lowest BCUT2D eigenvalue weighted by atomic mass is 10.0. The lowest BCUT2D eigenvalue weighted by Gasteiger charge is -2.43. The van der Waals surface area contributed by atoms with Crippen molar-refractivity contribution in [2.75, 3.05) is 29.5 Å². The Morgan fingerprint density at radius 3 is 2.39 bits per heavy atom. The number of carbonyl (C=O) groups is 1. The van der Waals surface area contributed by atoms with Crippen molar-refractivity contribution in [2.45, 2.75) is 18.5 Å². The van der Waals surface area contributed by atoms with E-state index in [1.807, 2.05) is 29.2 Å². The van der Waals surface area contributed by atoms with E-state index in [4.69, 9.17) is 23.2 Å². The van der Waals surface area contributed by atoms with Crippen molar-refractivity contribution in [1.82, 2.24) is 4.90 Å². The van der Waals surface area contributed by atoms with E-state index in [1.165, 1.54) is 0 Å². The monoisotopic (exact) mass is 438 g/mol. The van der Waals surface area contributed by atoms with E-state index in [9.17, 15) is 13.2 Å². The first-order valence-electron chi connectivity index (χ1n) is 9.09. The van der Waals surface area contributed by atoms with Crippen molar-refractivity contribution in [2.24, 2.45) is 0 Å². The molecule has 2 aliphatic rings. The van der Waals surface area contributed by atoms with Crippen LogP contribution in [0.2, 0.25) is 10.0 Å². The molecule has 5 nitrogen and oxygen atoms in total. The number of amides is 1. The number of hydrogen-bond acceptors (Lipinski definition) is 4. The minimum Gasteiger partial charge on any atom is -0.306 e. The number of sulfone groups is 1. The molecule has 2 aromatic rings. The zero-order chi connectivity index (χ0) is 19.9. The maximum absolute atomic E-state index is 13.0. The topological polar surface area (TPSA) is 57.7 Å². The Kier molecular flexibility index (Phi) is 5.40. The number of halogens is 2. The highest BCUT2D eigenvalue weighted by Crippen LogP contribution is 2.32. The van der Waals surface area contributed by atoms with Crippen molar-refractivity contribution in [3.05, 3.63) is 64.1 Å². The highest BCUT2D eigenvalue weighted by Gasteiger charge is 2.49. The molecule has 8 heteroatoms. The number of carbonyl (C=O) groups excluding carboxylic acids is 1. The normalized spacial score (nSPS) is 24.4. The Morgan fingerprint density at radius 2 is 1.68 bits per heavy atom. The molecule has 28 heavy (non-hydrogen) atoms. The van der Waals surface area contributed by atoms with E-state index in [0.29, 0.717) is 22.3 Å². The molecule has 148 valence electrons. The number of hydrogen-bond donors (Lipinski definition) is 0. The maximum atomic E-state index is 13.0. The summed E-state index contributed by atoms with van der Waals surface area (Å²) in [6, 6.07) is 14.0. The Balaban J connectivity index is 1.58. The van der Waals surface area contributed by atoms with E-state index >= 15 is 0 Å². The molecule has 2 atom stereocenters. The number of rotatable bonds is 4. The van der Waals surface area contributed by atoms with Gasteiger partial charge in [-0.1, -0.05) is 41.4 Å². The molecule has 0 spiro atoms. The van der Waals surface area contributed by atoms with Gasteiger partial charge in [-0.05, 0) is 42.3 Å². The van der Waals surface area contributed by atoms with Crippen molar-refractivity contribution >= 4 is 44.6 Å². The fourth-order valence-electron chi connectivity index (χ4n) is 4.09. The van der Waals surface area contributed by atoms with Crippen LogP contribution in [0.4, 0.5) is 5.69 Å². The molecule has 0 aliphatic carbocycles. The van der Waals surface area contributed by atoms with Crippen LogP contribution < -0.4 is 4.90 Å². The van der Waals surface area contributed by atoms with Crippen LogP contribution >= 0.6 is 23.2 Å². The Bertz CT molecular complexity index is 995. The second-order valence-electron chi connectivity index (χ2n) is 7.30. The van der Waals surface area contributed by atoms with Gasteiger partial charge in [0.05, 0.1) is 24.1 Å². The number of benzene rings is 2. The molecule has 0 bridgehead atoms. The summed E-state index contributed by atoms with van der Waals surface area (Å²) >= 11 is 12.0. The van der Waals surface area contributed by atoms with Gasteiger partial charge in [-0.25, -0.2) is 8.42 Å². The molecule has 0 N–H and O–H groups in total. The van der Waals surface area contributed by atoms with Gasteiger partial charge in [-0.2, -0.15) is 0 Å². The summed E-state index contributed by atoms with van der Waals surface area (Å²) in [6.45, 7) is 0.810. The number of anilines is 1. The van der Waals surface area contributed by atoms with Crippen LogP contribution in [0.5, 0.6) is 0 Å². The fraction of sp³-hybridized carbons (Fsp3) is 0.350. The van der Waals surface area contributed by atoms with Crippen LogP contribution in [0.25, 0.3) is 0 Å². The van der Waals surface area contributed by atoms with Crippen LogP contribution in [-0.4, -0.2) is 55.9 Å². The Morgan fingerprint density at radius 1 is 0.964 bits per heavy atom. The summed E-state index contributed by atoms with van der Waals surface area (Å²) in [6.07, 6.45) is 0.727. The first kappa shape index (κ1) is 19.7. The van der Waals surface area contributed by atoms with Gasteiger partial charge in [0.15, 0.2) is 9.84 Å². The second kappa shape index (κ2) is 7.67. The molecule has 0 unspecified atom stereocenters. The van der Waals surface area contributed by atoms with E-state index in [2.05, 4.69) is 0 Å². The van der Waals surface area contributed by atoms with Gasteiger partial charge in [0.2, 0.25) is 5.91 Å². The first-order valence-corrected chi connectivity index (χ1v) is 11.7. The maximum Gasteiger partial charge on any atom is 0.241 e. The zero-order valence-electron chi connectivity index (χ0n) is 15.1. The third-order valence-corrected chi connectivity index (χ3v) is 7.57. The highest BCUT2D eigenvalue weighted by atomic mass is 35.5. The van der Waals surface area contributed by atoms with E-state index < -0.39 is 15.9 Å². The predicted molar refractivity (Wildman–Crippen MR) is 112 cm³/mol. The number of piperazine rings is 1. The van der Waals surface area contributed by atoms with Crippen molar-refractivity contribution in [1.29, 1.82) is 0 Å². The third-order valence-electron chi connectivity index (χ3n) is 5.39. The molecule has 2 fully saturated rings. The second-order valence-corrected chi connectivity index (χ2v) is 10.3. The first-order chi connectivity index (χ1) is 13.3. The predicted octanol–water partition coefficient (Wildman–Crippen LogP) is 3.05. The van der Waals surface area contributed by atoms with Gasteiger partial charge in [-0.15, -0.1) is 0 Å². The summed E-state index contributed by atoms with van der Waals surface area (Å²) in [5, 5.41) is 1.20. The third kappa shape index (κ3) is 4.06. The molecular weight excluding hydrogens is 419 g/mol. The lowest BCUT2D eigenvalue weighted by Crippen LogP contribution is -2.62. The summed E-state index contributed by atoms with van der Waals surface area (Å²) in [5.74, 6) is -0.0487. The van der Waals surface area contributed by atoms with Gasteiger partial charge in [0.1, 0.15) is 0 Å². The molecule has 2 saturated heterocycles. The molecule has 2 heterocycles. The average Bonchev–Trinajstić information content (AvgIpc) is 2.96. The van der Waals surface area contributed by atoms with Crippen LogP contribution in [0.15, 0.2) is 48.5 Å². The van der Waals surface area contributed by atoms with Gasteiger partial charge >= 0.3 is 0 Å². The summed E-state index contributed by atoms with van der Waals surface area (Å²) in [7, 11) is -3.21. The molecule has 0 saturated carbocycles. The quantitative estimate of drug-likeness (QED) is 0.735. The lowest BCUT2D eigenvalue weighted by molar-refractivity contribution is -0.123. The van der Waals surface area contributed by atoms with Crippen LogP contribution in [0.3, 0.4) is 0 Å². The average molecular weight is 439 g/mol. The molecular formula is C20H20Cl2N2O3S. The van der Waals surface area contributed by atoms with Crippen LogP contribution in [0, 0.1) is 0 Å². The minimum atomic E-state index is -3.21. The van der Waals surface area contributed by atoms with E-state index in [0.717, 1.165) is 12.0 Å². The van der Waals surface area contributed by atoms with Gasteiger partial charge in [-0.3, -0.25) is 9.69 Å². The van der Waals surface area contributed by atoms with Crippen molar-refractivity contribution < 1.29 is 13.2 Å². The molecule has 2 aromatic carbocycles. The molecule has 0 radical (unpaired) electrons. The zero-order valence-corrected chi connectivity index (χ0v) is 17.4. The fourth-order valence-corrected chi connectivity index (χ4v) is 6.38. The van der Waals surface area contributed by atoms with Gasteiger partial charge in [0, 0.05) is 28.3 Å². The smallest absolute Gasteiger partial charge is 0.241 e. The van der Waals surface area contributed by atoms with Crippen molar-refractivity contribution in [3.63, 3.8) is 0 Å². The molecule has 4 rings (SSSR count). The largest absolute Gasteiger partial charge is 0.306 e. The van der Waals surface area contributed by atoms with E-state index in [1.54, 1.807) is 29.2 Å². The minimum absolute atomic E-state index is 0.0205. The molecule has 2 aliphatic heterocycles. The van der Waals surface area contributed by atoms with Crippen molar-refractivity contribution in [3.8, 4) is 0 Å². The Hall–Kier alpha value is -1.60. The summed E-state index contributed by atoms with van der Waals surface area (Å²) < 4.78 is 24.8. The highest BCUT2D eigenvalue weighted by molar-refractivity contribution is 7.91. The molecule has 1 amide bonds. The van der Waals surface area contributed by atoms with Crippen LogP contribution in [0.1, 0.15) is 5.56 Å². The standard InChI is InChI=1S/C20H20Cl2N2O3S/c21-15-6-4-14(5-7-15)8-9-23-11-20(25)24(17-3-1-2-16(22)10-17)19-13-28(26,27)12-18(19)23/h1-7,10,18-19H,8-9,11-13H2/t18-,19-/m0/s1. The van der Waals surface area contributed by atoms with Gasteiger partial charge < -0.3 is 4.90 Å². The summed E-state index contributed by atoms with van der Waals surface area (Å²) in [5.41, 5.74) is 1.76. The van der Waals surface area contributed by atoms with Gasteiger partial charge in [0.25, 0.3) is 0 Å². The summed E-state index contributed by atoms with van der Waals surface area (Å²) in [4.78, 5) is 16.6. The SMILES string of the molecule is O=C1CN(CCc2ccc(Cl)cc2)[C@H]2CS(=O)(=O)C[C@@H]2N1c1cccc(Cl)c1.